The highest BCUT2D eigenvalue weighted by atomic mass is 16.6. The summed E-state index contributed by atoms with van der Waals surface area (Å²) in [7, 11) is 1.62. The van der Waals surface area contributed by atoms with Crippen LogP contribution >= 0.6 is 0 Å². The van der Waals surface area contributed by atoms with Crippen LogP contribution in [0, 0.1) is 6.92 Å². The summed E-state index contributed by atoms with van der Waals surface area (Å²) in [5.41, 5.74) is 4.92. The normalized spacial score (nSPS) is 18.7. The van der Waals surface area contributed by atoms with Crippen LogP contribution in [-0.2, 0) is 4.74 Å². The van der Waals surface area contributed by atoms with Gasteiger partial charge in [0.2, 0.25) is 0 Å². The lowest BCUT2D eigenvalue weighted by Crippen LogP contribution is -2.19. The topological polar surface area (TPSA) is 60.5 Å². The van der Waals surface area contributed by atoms with Gasteiger partial charge in [-0.2, -0.15) is 0 Å². The molecule has 2 heterocycles. The van der Waals surface area contributed by atoms with Crippen molar-refractivity contribution in [2.75, 3.05) is 7.11 Å². The van der Waals surface area contributed by atoms with Crippen molar-refractivity contribution in [3.05, 3.63) is 83.7 Å². The van der Waals surface area contributed by atoms with Gasteiger partial charge in [0.25, 0.3) is 0 Å². The van der Waals surface area contributed by atoms with Crippen molar-refractivity contribution in [2.45, 2.75) is 19.1 Å². The molecule has 0 unspecified atom stereocenters. The molecule has 3 aromatic rings. The van der Waals surface area contributed by atoms with E-state index in [2.05, 4.69) is 16.4 Å². The van der Waals surface area contributed by atoms with Crippen LogP contribution in [0.25, 0.3) is 11.1 Å². The molecule has 1 aromatic heterocycles. The molecule has 1 N–H and O–H groups in total. The molecule has 1 aliphatic heterocycles. The Kier molecular flexibility index (Phi) is 4.50. The number of carbonyl (C=O) groups is 1. The van der Waals surface area contributed by atoms with Gasteiger partial charge in [-0.15, -0.1) is 0 Å². The number of nitrogens with zero attached hydrogens (tertiary/aromatic N) is 1. The zero-order valence-electron chi connectivity index (χ0n) is 15.2. The number of rotatable bonds is 4. The molecule has 2 atom stereocenters. The molecular formula is C22H20N2O3. The van der Waals surface area contributed by atoms with Gasteiger partial charge < -0.3 is 14.8 Å². The summed E-state index contributed by atoms with van der Waals surface area (Å²) in [5.74, 6) is 0.730. The van der Waals surface area contributed by atoms with Crippen LogP contribution in [-0.4, -0.2) is 18.2 Å². The molecule has 1 fully saturated rings. The number of amides is 1. The van der Waals surface area contributed by atoms with Crippen molar-refractivity contribution in [3.63, 3.8) is 0 Å². The van der Waals surface area contributed by atoms with E-state index in [9.17, 15) is 4.79 Å². The van der Waals surface area contributed by atoms with E-state index in [0.717, 1.165) is 33.7 Å². The third-order valence-corrected chi connectivity index (χ3v) is 4.72. The highest BCUT2D eigenvalue weighted by Gasteiger charge is 2.36. The van der Waals surface area contributed by atoms with E-state index in [1.165, 1.54) is 0 Å². The van der Waals surface area contributed by atoms with E-state index in [4.69, 9.17) is 9.47 Å². The number of ether oxygens (including phenoxy) is 2. The summed E-state index contributed by atoms with van der Waals surface area (Å²) < 4.78 is 10.9. The average molecular weight is 360 g/mol. The Morgan fingerprint density at radius 3 is 2.59 bits per heavy atom. The molecule has 2 aromatic carbocycles. The first kappa shape index (κ1) is 17.1. The largest absolute Gasteiger partial charge is 0.497 e. The highest BCUT2D eigenvalue weighted by Crippen LogP contribution is 2.38. The number of benzene rings is 2. The molecule has 0 aliphatic carbocycles. The van der Waals surface area contributed by atoms with E-state index in [-0.39, 0.29) is 6.04 Å². The van der Waals surface area contributed by atoms with E-state index < -0.39 is 12.2 Å². The number of aryl methyl sites for hydroxylation is 1. The van der Waals surface area contributed by atoms with Crippen LogP contribution in [0.2, 0.25) is 0 Å². The number of carbonyl (C=O) groups excluding carboxylic acids is 1. The van der Waals surface area contributed by atoms with Gasteiger partial charge in [0.05, 0.1) is 13.2 Å². The van der Waals surface area contributed by atoms with Gasteiger partial charge >= 0.3 is 6.09 Å². The Balaban J connectivity index is 1.69. The van der Waals surface area contributed by atoms with E-state index in [0.29, 0.717) is 0 Å². The molecule has 1 amide bonds. The average Bonchev–Trinajstić information content (AvgIpc) is 3.10. The second-order valence-electron chi connectivity index (χ2n) is 6.54. The second-order valence-corrected chi connectivity index (χ2v) is 6.54. The van der Waals surface area contributed by atoms with Crippen LogP contribution in [0.5, 0.6) is 5.75 Å². The van der Waals surface area contributed by atoms with Crippen molar-refractivity contribution < 1.29 is 14.3 Å². The first-order valence-electron chi connectivity index (χ1n) is 8.78. The predicted molar refractivity (Wildman–Crippen MR) is 103 cm³/mol. The molecule has 27 heavy (non-hydrogen) atoms. The molecule has 0 spiro atoms. The van der Waals surface area contributed by atoms with E-state index in [1.807, 2.05) is 67.7 Å². The number of alkyl carbamates (subject to hydrolysis) is 1. The Morgan fingerprint density at radius 2 is 1.81 bits per heavy atom. The number of cyclic esters (lactones) is 1. The summed E-state index contributed by atoms with van der Waals surface area (Å²) in [6.45, 7) is 1.96. The third-order valence-electron chi connectivity index (χ3n) is 4.72. The summed E-state index contributed by atoms with van der Waals surface area (Å²) >= 11 is 0. The van der Waals surface area contributed by atoms with Crippen molar-refractivity contribution in [1.82, 2.24) is 10.3 Å². The Hall–Kier alpha value is -3.34. The van der Waals surface area contributed by atoms with Gasteiger partial charge in [-0.25, -0.2) is 4.79 Å². The van der Waals surface area contributed by atoms with Gasteiger partial charge in [0.15, 0.2) is 6.10 Å². The van der Waals surface area contributed by atoms with Gasteiger partial charge in [-0.3, -0.25) is 4.98 Å². The molecule has 0 bridgehead atoms. The van der Waals surface area contributed by atoms with Gasteiger partial charge in [-0.05, 0) is 47.9 Å². The van der Waals surface area contributed by atoms with Crippen molar-refractivity contribution in [1.29, 1.82) is 0 Å². The van der Waals surface area contributed by atoms with Crippen LogP contribution in [0.4, 0.5) is 4.79 Å². The van der Waals surface area contributed by atoms with Gasteiger partial charge in [0.1, 0.15) is 5.75 Å². The fourth-order valence-electron chi connectivity index (χ4n) is 3.31. The minimum atomic E-state index is -0.421. The maximum Gasteiger partial charge on any atom is 0.408 e. The molecule has 0 saturated carbocycles. The van der Waals surface area contributed by atoms with Crippen molar-refractivity contribution >= 4 is 6.09 Å². The number of hydrogen-bond donors (Lipinski definition) is 1. The molecule has 0 radical (unpaired) electrons. The summed E-state index contributed by atoms with van der Waals surface area (Å²) in [6.07, 6.45) is 1.02. The lowest BCUT2D eigenvalue weighted by Gasteiger charge is -2.19. The summed E-state index contributed by atoms with van der Waals surface area (Å²) in [5, 5.41) is 2.93. The summed E-state index contributed by atoms with van der Waals surface area (Å²) in [4.78, 5) is 16.4. The van der Waals surface area contributed by atoms with Crippen LogP contribution < -0.4 is 10.1 Å². The first-order valence-corrected chi connectivity index (χ1v) is 8.78. The van der Waals surface area contributed by atoms with Crippen molar-refractivity contribution in [2.24, 2.45) is 0 Å². The number of methoxy groups -OCH3 is 1. The Morgan fingerprint density at radius 1 is 1.00 bits per heavy atom. The SMILES string of the molecule is COc1cccc([C@H]2OC(=O)N[C@@H]2c2cccc(-c3ccc(C)nc3)c2)c1. The fourth-order valence-corrected chi connectivity index (χ4v) is 3.31. The van der Waals surface area contributed by atoms with Crippen LogP contribution in [0.3, 0.4) is 0 Å². The van der Waals surface area contributed by atoms with Crippen LogP contribution in [0.1, 0.15) is 29.0 Å². The third kappa shape index (κ3) is 3.49. The lowest BCUT2D eigenvalue weighted by molar-refractivity contribution is 0.132. The monoisotopic (exact) mass is 360 g/mol. The Bertz CT molecular complexity index is 969. The lowest BCUT2D eigenvalue weighted by atomic mass is 9.94. The smallest absolute Gasteiger partial charge is 0.408 e. The summed E-state index contributed by atoms with van der Waals surface area (Å²) in [6, 6.07) is 19.4. The maximum absolute atomic E-state index is 12.0. The maximum atomic E-state index is 12.0. The number of nitrogens with one attached hydrogen (secondary N) is 1. The molecule has 1 saturated heterocycles. The molecule has 136 valence electrons. The molecular weight excluding hydrogens is 340 g/mol. The van der Waals surface area contributed by atoms with Crippen LogP contribution in [0.15, 0.2) is 66.9 Å². The molecule has 4 rings (SSSR count). The fraction of sp³-hybridized carbons (Fsp3) is 0.182. The molecule has 5 nitrogen and oxygen atoms in total. The minimum Gasteiger partial charge on any atom is -0.497 e. The minimum absolute atomic E-state index is 0.275. The zero-order chi connectivity index (χ0) is 18.8. The first-order chi connectivity index (χ1) is 13.1. The second kappa shape index (κ2) is 7.11. The van der Waals surface area contributed by atoms with Gasteiger partial charge in [-0.1, -0.05) is 36.4 Å². The predicted octanol–water partition coefficient (Wildman–Crippen LogP) is 4.59. The molecule has 5 heteroatoms. The standard InChI is InChI=1S/C22H20N2O3/c1-14-9-10-18(13-23-14)15-5-3-6-16(11-15)20-21(27-22(25)24-20)17-7-4-8-19(12-17)26-2/h3-13,20-21H,1-2H3,(H,24,25)/t20-,21-/m1/s1. The number of pyridine rings is 1. The Labute approximate surface area is 158 Å². The van der Waals surface area contributed by atoms with Crippen molar-refractivity contribution in [3.8, 4) is 16.9 Å². The van der Waals surface area contributed by atoms with Gasteiger partial charge in [0, 0.05) is 17.5 Å². The number of hydrogen-bond acceptors (Lipinski definition) is 4. The quantitative estimate of drug-likeness (QED) is 0.739. The highest BCUT2D eigenvalue weighted by molar-refractivity contribution is 5.72. The number of aromatic nitrogens is 1. The zero-order valence-corrected chi connectivity index (χ0v) is 15.2. The molecule has 1 aliphatic rings. The van der Waals surface area contributed by atoms with E-state index >= 15 is 0 Å². The van der Waals surface area contributed by atoms with E-state index in [1.54, 1.807) is 7.11 Å².